The molecule has 2 rings (SSSR count). The van der Waals surface area contributed by atoms with Gasteiger partial charge in [0.1, 0.15) is 11.6 Å². The van der Waals surface area contributed by atoms with Crippen LogP contribution >= 0.6 is 0 Å². The molecule has 0 fully saturated rings. The highest BCUT2D eigenvalue weighted by Gasteiger charge is 2.08. The number of Topliss-reactive ketones (excluding diaryl/α,β-unsaturated/α-hetero) is 1. The highest BCUT2D eigenvalue weighted by Crippen LogP contribution is 2.14. The Balaban J connectivity index is 2.11. The fourth-order valence-electron chi connectivity index (χ4n) is 2.06. The van der Waals surface area contributed by atoms with Gasteiger partial charge in [0.05, 0.1) is 6.04 Å². The van der Waals surface area contributed by atoms with Gasteiger partial charge >= 0.3 is 0 Å². The number of hydrogen-bond donors (Lipinski definition) is 1. The molecule has 0 aromatic heterocycles. The maximum Gasteiger partial charge on any atom is 0.132 e. The van der Waals surface area contributed by atoms with Crippen LogP contribution in [-0.4, -0.2) is 11.8 Å². The summed E-state index contributed by atoms with van der Waals surface area (Å²) in [5, 5.41) is 3.17. The third-order valence-corrected chi connectivity index (χ3v) is 3.00. The molecular weight excluding hydrogens is 265 g/mol. The van der Waals surface area contributed by atoms with Gasteiger partial charge in [0.25, 0.3) is 0 Å². The molecule has 0 radical (unpaired) electrons. The van der Waals surface area contributed by atoms with E-state index in [4.69, 9.17) is 0 Å². The number of rotatable bonds is 6. The normalized spacial score (nSPS) is 12.3. The lowest BCUT2D eigenvalue weighted by Gasteiger charge is -2.15. The second-order valence-electron chi connectivity index (χ2n) is 4.94. The van der Waals surface area contributed by atoms with Crippen LogP contribution in [0, 0.1) is 5.82 Å². The lowest BCUT2D eigenvalue weighted by atomic mass is 10.1. The Hall–Kier alpha value is -2.42. The molecule has 3 heteroatoms. The van der Waals surface area contributed by atoms with Crippen LogP contribution in [0.5, 0.6) is 0 Å². The van der Waals surface area contributed by atoms with E-state index in [9.17, 15) is 9.18 Å². The van der Waals surface area contributed by atoms with Gasteiger partial charge in [-0.2, -0.15) is 0 Å². The molecule has 0 spiro atoms. The van der Waals surface area contributed by atoms with Crippen molar-refractivity contribution in [3.8, 4) is 0 Å². The van der Waals surface area contributed by atoms with Crippen LogP contribution in [0.4, 0.5) is 10.1 Å². The molecule has 108 valence electrons. The molecule has 0 aliphatic rings. The number of hydrogen-bond acceptors (Lipinski definition) is 2. The highest BCUT2D eigenvalue weighted by molar-refractivity contribution is 5.77. The molecule has 21 heavy (non-hydrogen) atoms. The van der Waals surface area contributed by atoms with Gasteiger partial charge in [0, 0.05) is 12.1 Å². The van der Waals surface area contributed by atoms with Crippen LogP contribution in [-0.2, 0) is 4.79 Å². The van der Waals surface area contributed by atoms with Gasteiger partial charge in [0.15, 0.2) is 0 Å². The maximum atomic E-state index is 13.2. The number of ketones is 1. The second-order valence-corrected chi connectivity index (χ2v) is 4.94. The summed E-state index contributed by atoms with van der Waals surface area (Å²) < 4.78 is 13.2. The Morgan fingerprint density at radius 3 is 2.62 bits per heavy atom. The number of nitrogens with one attached hydrogen (secondary N) is 1. The average molecular weight is 283 g/mol. The maximum absolute atomic E-state index is 13.2. The number of carbonyl (C=O) groups excluding carboxylic acids is 1. The standard InChI is InChI=1S/C18H18FNO/c1-14(21)12-18(11-10-15-6-3-2-4-7-15)20-17-9-5-8-16(19)13-17/h2-11,13,18,20H,12H2,1H3/b11-10+. The van der Waals surface area contributed by atoms with Crippen molar-refractivity contribution in [2.24, 2.45) is 0 Å². The number of carbonyl (C=O) groups is 1. The summed E-state index contributed by atoms with van der Waals surface area (Å²) in [7, 11) is 0. The van der Waals surface area contributed by atoms with E-state index >= 15 is 0 Å². The van der Waals surface area contributed by atoms with E-state index in [1.54, 1.807) is 19.1 Å². The van der Waals surface area contributed by atoms with Crippen molar-refractivity contribution in [1.29, 1.82) is 0 Å². The third-order valence-electron chi connectivity index (χ3n) is 3.00. The first kappa shape index (κ1) is 15.0. The molecule has 2 aromatic carbocycles. The van der Waals surface area contributed by atoms with Crippen LogP contribution in [0.15, 0.2) is 60.7 Å². The molecule has 1 N–H and O–H groups in total. The summed E-state index contributed by atoms with van der Waals surface area (Å²) >= 11 is 0. The van der Waals surface area contributed by atoms with Gasteiger partial charge in [0.2, 0.25) is 0 Å². The lowest BCUT2D eigenvalue weighted by molar-refractivity contribution is -0.117. The van der Waals surface area contributed by atoms with E-state index < -0.39 is 0 Å². The van der Waals surface area contributed by atoms with Crippen molar-refractivity contribution in [3.05, 3.63) is 72.1 Å². The molecule has 2 aromatic rings. The quantitative estimate of drug-likeness (QED) is 0.856. The van der Waals surface area contributed by atoms with Crippen molar-refractivity contribution in [3.63, 3.8) is 0 Å². The van der Waals surface area contributed by atoms with Gasteiger partial charge < -0.3 is 5.32 Å². The zero-order valence-electron chi connectivity index (χ0n) is 11.9. The first-order chi connectivity index (χ1) is 10.1. The first-order valence-corrected chi connectivity index (χ1v) is 6.88. The summed E-state index contributed by atoms with van der Waals surface area (Å²) in [4.78, 5) is 11.4. The van der Waals surface area contributed by atoms with Crippen LogP contribution in [0.1, 0.15) is 18.9 Å². The van der Waals surface area contributed by atoms with Gasteiger partial charge in [-0.05, 0) is 30.7 Å². The molecular formula is C18H18FNO. The molecule has 0 bridgehead atoms. The van der Waals surface area contributed by atoms with Crippen LogP contribution in [0.25, 0.3) is 6.08 Å². The van der Waals surface area contributed by atoms with Crippen LogP contribution in [0.3, 0.4) is 0 Å². The molecule has 2 nitrogen and oxygen atoms in total. The molecule has 1 atom stereocenters. The number of benzene rings is 2. The second kappa shape index (κ2) is 7.39. The Morgan fingerprint density at radius 1 is 1.19 bits per heavy atom. The van der Waals surface area contributed by atoms with E-state index in [1.165, 1.54) is 12.1 Å². The summed E-state index contributed by atoms with van der Waals surface area (Å²) in [6.45, 7) is 1.55. The van der Waals surface area contributed by atoms with Crippen molar-refractivity contribution in [2.75, 3.05) is 5.32 Å². The van der Waals surface area contributed by atoms with Gasteiger partial charge in [-0.3, -0.25) is 4.79 Å². The van der Waals surface area contributed by atoms with Gasteiger partial charge in [-0.15, -0.1) is 0 Å². The number of anilines is 1. The van der Waals surface area contributed by atoms with E-state index in [0.29, 0.717) is 12.1 Å². The van der Waals surface area contributed by atoms with Crippen LogP contribution in [0.2, 0.25) is 0 Å². The molecule has 0 heterocycles. The van der Waals surface area contributed by atoms with Crippen LogP contribution < -0.4 is 5.32 Å². The number of halogens is 1. The Morgan fingerprint density at radius 2 is 1.95 bits per heavy atom. The zero-order valence-corrected chi connectivity index (χ0v) is 11.9. The minimum absolute atomic E-state index is 0.0848. The van der Waals surface area contributed by atoms with Crippen molar-refractivity contribution in [1.82, 2.24) is 0 Å². The predicted molar refractivity (Wildman–Crippen MR) is 84.6 cm³/mol. The largest absolute Gasteiger partial charge is 0.378 e. The van der Waals surface area contributed by atoms with E-state index in [2.05, 4.69) is 5.32 Å². The fraction of sp³-hybridized carbons (Fsp3) is 0.167. The average Bonchev–Trinajstić information content (AvgIpc) is 2.45. The fourth-order valence-corrected chi connectivity index (χ4v) is 2.06. The molecule has 0 saturated carbocycles. The topological polar surface area (TPSA) is 29.1 Å². The molecule has 0 aliphatic heterocycles. The summed E-state index contributed by atoms with van der Waals surface area (Å²) in [5.74, 6) is -0.213. The van der Waals surface area contributed by atoms with E-state index in [0.717, 1.165) is 5.56 Å². The minimum atomic E-state index is -0.298. The Kier molecular flexibility index (Phi) is 5.27. The monoisotopic (exact) mass is 283 g/mol. The predicted octanol–water partition coefficient (Wildman–Crippen LogP) is 4.30. The SMILES string of the molecule is CC(=O)CC(/C=C/c1ccccc1)Nc1cccc(F)c1. The highest BCUT2D eigenvalue weighted by atomic mass is 19.1. The third kappa shape index (κ3) is 5.22. The van der Waals surface area contributed by atoms with Gasteiger partial charge in [-0.1, -0.05) is 48.6 Å². The molecule has 0 aliphatic carbocycles. The first-order valence-electron chi connectivity index (χ1n) is 6.88. The lowest BCUT2D eigenvalue weighted by Crippen LogP contribution is -2.19. The molecule has 0 saturated heterocycles. The summed E-state index contributed by atoms with van der Waals surface area (Å²) in [5.41, 5.74) is 1.73. The molecule has 1 unspecified atom stereocenters. The Labute approximate surface area is 124 Å². The van der Waals surface area contributed by atoms with Crippen molar-refractivity contribution >= 4 is 17.5 Å². The summed E-state index contributed by atoms with van der Waals surface area (Å²) in [6.07, 6.45) is 4.25. The molecule has 0 amide bonds. The van der Waals surface area contributed by atoms with Gasteiger partial charge in [-0.25, -0.2) is 4.39 Å². The van der Waals surface area contributed by atoms with Crippen molar-refractivity contribution in [2.45, 2.75) is 19.4 Å². The van der Waals surface area contributed by atoms with E-state index in [1.807, 2.05) is 42.5 Å². The zero-order chi connectivity index (χ0) is 15.1. The summed E-state index contributed by atoms with van der Waals surface area (Å²) in [6, 6.07) is 15.9. The minimum Gasteiger partial charge on any atom is -0.378 e. The van der Waals surface area contributed by atoms with E-state index in [-0.39, 0.29) is 17.6 Å². The van der Waals surface area contributed by atoms with Crippen molar-refractivity contribution < 1.29 is 9.18 Å². The Bertz CT molecular complexity index is 622. The smallest absolute Gasteiger partial charge is 0.132 e.